The molecule has 25 heavy (non-hydrogen) atoms. The van der Waals surface area contributed by atoms with Crippen LogP contribution in [0.25, 0.3) is 0 Å². The fraction of sp³-hybridized carbons (Fsp3) is 0.444. The topological polar surface area (TPSA) is 86.1 Å². The fourth-order valence-corrected chi connectivity index (χ4v) is 2.94. The molecule has 2 aromatic heterocycles. The molecule has 7 nitrogen and oxygen atoms in total. The lowest BCUT2D eigenvalue weighted by molar-refractivity contribution is -0.123. The number of hydrogen-bond acceptors (Lipinski definition) is 5. The minimum Gasteiger partial charge on any atom is -0.474 e. The van der Waals surface area contributed by atoms with Gasteiger partial charge in [0.2, 0.25) is 11.8 Å². The van der Waals surface area contributed by atoms with E-state index in [1.807, 2.05) is 19.1 Å². The number of amides is 1. The van der Waals surface area contributed by atoms with Crippen molar-refractivity contribution >= 4 is 5.91 Å². The first-order chi connectivity index (χ1) is 12.1. The Labute approximate surface area is 146 Å². The normalized spacial score (nSPS) is 20.0. The molecule has 1 saturated carbocycles. The number of ether oxygens (including phenoxy) is 1. The number of aryl methyl sites for hydroxylation is 1. The Hall–Kier alpha value is -2.70. The summed E-state index contributed by atoms with van der Waals surface area (Å²) in [6.07, 6.45) is 6.84. The molecule has 1 N–H and O–H groups in total. The van der Waals surface area contributed by atoms with Crippen molar-refractivity contribution in [3.63, 3.8) is 0 Å². The average molecular weight is 342 g/mol. The molecular formula is C18H22N4O3. The van der Waals surface area contributed by atoms with Gasteiger partial charge in [-0.2, -0.15) is 5.10 Å². The van der Waals surface area contributed by atoms with Gasteiger partial charge in [-0.25, -0.2) is 9.67 Å². The van der Waals surface area contributed by atoms with E-state index in [1.54, 1.807) is 12.3 Å². The number of aromatic nitrogens is 3. The number of nitrogens with zero attached hydrogens (tertiary/aromatic N) is 3. The highest BCUT2D eigenvalue weighted by atomic mass is 16.5. The van der Waals surface area contributed by atoms with Crippen molar-refractivity contribution < 1.29 is 9.53 Å². The van der Waals surface area contributed by atoms with E-state index in [0.29, 0.717) is 5.88 Å². The fourth-order valence-electron chi connectivity index (χ4n) is 2.94. The minimum atomic E-state index is -0.277. The first-order valence-electron chi connectivity index (χ1n) is 8.51. The Bertz CT molecular complexity index is 764. The molecule has 0 spiro atoms. The number of carbonyl (C=O) groups excluding carboxylic acids is 1. The van der Waals surface area contributed by atoms with Crippen LogP contribution in [0.4, 0.5) is 0 Å². The quantitative estimate of drug-likeness (QED) is 0.889. The van der Waals surface area contributed by atoms with Crippen molar-refractivity contribution in [2.45, 2.75) is 51.3 Å². The predicted molar refractivity (Wildman–Crippen MR) is 92.3 cm³/mol. The molecule has 0 atom stereocenters. The van der Waals surface area contributed by atoms with Gasteiger partial charge in [0.15, 0.2) is 0 Å². The molecule has 1 amide bonds. The van der Waals surface area contributed by atoms with Crippen molar-refractivity contribution in [1.29, 1.82) is 0 Å². The van der Waals surface area contributed by atoms with E-state index in [2.05, 4.69) is 15.4 Å². The van der Waals surface area contributed by atoms with E-state index in [9.17, 15) is 9.59 Å². The summed E-state index contributed by atoms with van der Waals surface area (Å²) in [7, 11) is 0. The second-order valence-electron chi connectivity index (χ2n) is 6.35. The van der Waals surface area contributed by atoms with E-state index in [0.717, 1.165) is 35.9 Å². The largest absolute Gasteiger partial charge is 0.474 e. The highest BCUT2D eigenvalue weighted by molar-refractivity contribution is 5.75. The van der Waals surface area contributed by atoms with Crippen LogP contribution >= 0.6 is 0 Å². The summed E-state index contributed by atoms with van der Waals surface area (Å²) >= 11 is 0. The van der Waals surface area contributed by atoms with Crippen LogP contribution in [0.2, 0.25) is 0 Å². The van der Waals surface area contributed by atoms with Crippen LogP contribution < -0.4 is 15.6 Å². The zero-order valence-electron chi connectivity index (χ0n) is 14.2. The van der Waals surface area contributed by atoms with Gasteiger partial charge in [0, 0.05) is 30.6 Å². The summed E-state index contributed by atoms with van der Waals surface area (Å²) in [5.41, 5.74) is 0.825. The molecule has 2 aromatic rings. The number of hydrogen-bond donors (Lipinski definition) is 1. The molecule has 0 unspecified atom stereocenters. The van der Waals surface area contributed by atoms with Gasteiger partial charge in [-0.15, -0.1) is 0 Å². The van der Waals surface area contributed by atoms with Crippen LogP contribution in [0.1, 0.15) is 31.2 Å². The number of carbonyl (C=O) groups is 1. The molecule has 7 heteroatoms. The zero-order valence-corrected chi connectivity index (χ0v) is 14.2. The SMILES string of the molecule is Cc1ccc(OC2CCC(NC(=O)Cn3ncccc3=O)CC2)nc1. The van der Waals surface area contributed by atoms with Crippen molar-refractivity contribution in [3.05, 3.63) is 52.6 Å². The molecule has 0 aromatic carbocycles. The lowest BCUT2D eigenvalue weighted by atomic mass is 9.93. The number of rotatable bonds is 5. The Morgan fingerprint density at radius 1 is 1.28 bits per heavy atom. The van der Waals surface area contributed by atoms with Crippen molar-refractivity contribution in [2.75, 3.05) is 0 Å². The second kappa shape index (κ2) is 7.92. The van der Waals surface area contributed by atoms with Gasteiger partial charge in [-0.1, -0.05) is 6.07 Å². The molecule has 1 aliphatic rings. The maximum Gasteiger partial charge on any atom is 0.267 e. The lowest BCUT2D eigenvalue weighted by Crippen LogP contribution is -2.42. The first kappa shape index (κ1) is 17.1. The third-order valence-electron chi connectivity index (χ3n) is 4.29. The van der Waals surface area contributed by atoms with Crippen molar-refractivity contribution in [1.82, 2.24) is 20.1 Å². The van der Waals surface area contributed by atoms with Gasteiger partial charge in [-0.05, 0) is 44.2 Å². The summed E-state index contributed by atoms with van der Waals surface area (Å²) in [6.45, 7) is 1.94. The Kier molecular flexibility index (Phi) is 5.42. The van der Waals surface area contributed by atoms with Crippen LogP contribution in [0.5, 0.6) is 5.88 Å². The van der Waals surface area contributed by atoms with Crippen LogP contribution in [-0.4, -0.2) is 32.8 Å². The minimum absolute atomic E-state index is 0.0522. The molecule has 0 aliphatic heterocycles. The van der Waals surface area contributed by atoms with Gasteiger partial charge in [0.25, 0.3) is 5.56 Å². The highest BCUT2D eigenvalue weighted by Crippen LogP contribution is 2.23. The molecule has 0 bridgehead atoms. The zero-order chi connectivity index (χ0) is 17.6. The second-order valence-corrected chi connectivity index (χ2v) is 6.35. The summed E-state index contributed by atoms with van der Waals surface area (Å²) in [5.74, 6) is 0.456. The third kappa shape index (κ3) is 4.89. The summed E-state index contributed by atoms with van der Waals surface area (Å²) in [6, 6.07) is 6.92. The number of nitrogens with one attached hydrogen (secondary N) is 1. The highest BCUT2D eigenvalue weighted by Gasteiger charge is 2.24. The van der Waals surface area contributed by atoms with E-state index in [4.69, 9.17) is 4.74 Å². The van der Waals surface area contributed by atoms with Crippen molar-refractivity contribution in [3.8, 4) is 5.88 Å². The standard InChI is InChI=1S/C18H22N4O3/c1-13-4-9-17(19-11-13)25-15-7-5-14(6-8-15)21-16(23)12-22-18(24)3-2-10-20-22/h2-4,9-11,14-15H,5-8,12H2,1H3,(H,21,23). The molecule has 0 radical (unpaired) electrons. The Balaban J connectivity index is 1.44. The van der Waals surface area contributed by atoms with E-state index >= 15 is 0 Å². The molecule has 1 aliphatic carbocycles. The summed E-state index contributed by atoms with van der Waals surface area (Å²) < 4.78 is 7.06. The maximum absolute atomic E-state index is 12.1. The predicted octanol–water partition coefficient (Wildman–Crippen LogP) is 1.45. The Morgan fingerprint density at radius 2 is 2.08 bits per heavy atom. The molecule has 3 rings (SSSR count). The van der Waals surface area contributed by atoms with Crippen LogP contribution in [-0.2, 0) is 11.3 Å². The first-order valence-corrected chi connectivity index (χ1v) is 8.51. The summed E-state index contributed by atoms with van der Waals surface area (Å²) in [4.78, 5) is 27.9. The van der Waals surface area contributed by atoms with Crippen LogP contribution in [0, 0.1) is 6.92 Å². The van der Waals surface area contributed by atoms with Gasteiger partial charge in [-0.3, -0.25) is 9.59 Å². The monoisotopic (exact) mass is 342 g/mol. The number of pyridine rings is 1. The molecule has 1 fully saturated rings. The smallest absolute Gasteiger partial charge is 0.267 e. The van der Waals surface area contributed by atoms with E-state index in [1.165, 1.54) is 12.3 Å². The summed E-state index contributed by atoms with van der Waals surface area (Å²) in [5, 5.41) is 6.87. The van der Waals surface area contributed by atoms with Gasteiger partial charge in [0.1, 0.15) is 12.6 Å². The van der Waals surface area contributed by atoms with Gasteiger partial charge < -0.3 is 10.1 Å². The average Bonchev–Trinajstić information content (AvgIpc) is 2.61. The Morgan fingerprint density at radius 3 is 2.76 bits per heavy atom. The third-order valence-corrected chi connectivity index (χ3v) is 4.29. The maximum atomic E-state index is 12.1. The van der Waals surface area contributed by atoms with Crippen LogP contribution in [0.3, 0.4) is 0 Å². The van der Waals surface area contributed by atoms with Crippen molar-refractivity contribution in [2.24, 2.45) is 0 Å². The molecule has 2 heterocycles. The molecular weight excluding hydrogens is 320 g/mol. The van der Waals surface area contributed by atoms with Gasteiger partial charge >= 0.3 is 0 Å². The van der Waals surface area contributed by atoms with Gasteiger partial charge in [0.05, 0.1) is 0 Å². The molecule has 132 valence electrons. The van der Waals surface area contributed by atoms with E-state index in [-0.39, 0.29) is 30.2 Å². The lowest BCUT2D eigenvalue weighted by Gasteiger charge is -2.29. The molecule has 0 saturated heterocycles. The van der Waals surface area contributed by atoms with E-state index < -0.39 is 0 Å². The van der Waals surface area contributed by atoms with Crippen LogP contribution in [0.15, 0.2) is 41.5 Å².